The molecule has 0 saturated heterocycles. The SMILES string of the molecule is Cc1c(C)c2c(c(C)c1N)CC(C)(c1ccccc1S(=O)(=O)c1ccccc1C1(C)Cc3c(C)c(N)c(C)c(C)c3O1)O2. The number of hydrogen-bond donors (Lipinski definition) is 2. The van der Waals surface area contributed by atoms with Gasteiger partial charge < -0.3 is 20.9 Å². The van der Waals surface area contributed by atoms with Gasteiger partial charge in [0.15, 0.2) is 0 Å². The van der Waals surface area contributed by atoms with Gasteiger partial charge in [0.05, 0.1) is 9.79 Å². The van der Waals surface area contributed by atoms with Gasteiger partial charge in [-0.2, -0.15) is 0 Å². The van der Waals surface area contributed by atoms with E-state index in [4.69, 9.17) is 20.9 Å². The molecule has 2 aliphatic heterocycles. The standard InChI is InChI=1S/C36H40N2O4S/c1-19-21(3)33-25(23(5)31(19)37)17-35(7,41-33)27-13-9-11-15-29(27)43(39,40)30-16-12-10-14-28(30)36(8)18-26-24(6)32(38)20(2)22(4)34(26)42-36/h9-16H,17-18,37-38H2,1-8H3. The van der Waals surface area contributed by atoms with Crippen molar-refractivity contribution in [1.29, 1.82) is 0 Å². The largest absolute Gasteiger partial charge is 0.482 e. The highest BCUT2D eigenvalue weighted by molar-refractivity contribution is 7.91. The molecule has 0 aliphatic carbocycles. The lowest BCUT2D eigenvalue weighted by Crippen LogP contribution is -2.31. The first kappa shape index (κ1) is 29.1. The number of nitrogens with two attached hydrogens (primary N) is 2. The predicted octanol–water partition coefficient (Wildman–Crippen LogP) is 7.23. The van der Waals surface area contributed by atoms with Crippen LogP contribution in [0.5, 0.6) is 11.5 Å². The number of sulfone groups is 1. The minimum atomic E-state index is -4.01. The molecule has 224 valence electrons. The lowest BCUT2D eigenvalue weighted by atomic mass is 9.88. The van der Waals surface area contributed by atoms with E-state index in [9.17, 15) is 8.42 Å². The molecule has 0 bridgehead atoms. The van der Waals surface area contributed by atoms with Crippen LogP contribution in [0.1, 0.15) is 69.5 Å². The normalized spacial score (nSPS) is 20.8. The Bertz CT molecular complexity index is 1750. The second kappa shape index (κ2) is 9.52. The van der Waals surface area contributed by atoms with Crippen LogP contribution < -0.4 is 20.9 Å². The zero-order valence-corrected chi connectivity index (χ0v) is 27.0. The van der Waals surface area contributed by atoms with E-state index in [1.165, 1.54) is 0 Å². The molecule has 4 N–H and O–H groups in total. The van der Waals surface area contributed by atoms with Crippen molar-refractivity contribution in [2.45, 2.75) is 89.2 Å². The first-order valence-electron chi connectivity index (χ1n) is 14.7. The predicted molar refractivity (Wildman–Crippen MR) is 172 cm³/mol. The topological polar surface area (TPSA) is 105 Å². The Labute approximate surface area is 255 Å². The minimum Gasteiger partial charge on any atom is -0.482 e. The van der Waals surface area contributed by atoms with Crippen molar-refractivity contribution in [3.63, 3.8) is 0 Å². The molecule has 4 aromatic carbocycles. The number of ether oxygens (including phenoxy) is 2. The fourth-order valence-corrected chi connectivity index (χ4v) is 8.92. The second-order valence-electron chi connectivity index (χ2n) is 12.7. The van der Waals surface area contributed by atoms with Crippen LogP contribution >= 0.6 is 0 Å². The molecular formula is C36H40N2O4S. The van der Waals surface area contributed by atoms with Crippen molar-refractivity contribution in [3.05, 3.63) is 104 Å². The zero-order valence-electron chi connectivity index (χ0n) is 26.2. The van der Waals surface area contributed by atoms with E-state index >= 15 is 0 Å². The Kier molecular flexibility index (Phi) is 6.44. The van der Waals surface area contributed by atoms with Gasteiger partial charge >= 0.3 is 0 Å². The summed E-state index contributed by atoms with van der Waals surface area (Å²) in [6.07, 6.45) is 1.03. The second-order valence-corrected chi connectivity index (χ2v) is 14.6. The Hall–Kier alpha value is -3.97. The van der Waals surface area contributed by atoms with Crippen LogP contribution in [0, 0.1) is 41.5 Å². The van der Waals surface area contributed by atoms with Crippen LogP contribution in [0.3, 0.4) is 0 Å². The Morgan fingerprint density at radius 3 is 1.30 bits per heavy atom. The van der Waals surface area contributed by atoms with Crippen molar-refractivity contribution in [2.75, 3.05) is 11.5 Å². The molecule has 0 spiro atoms. The number of hydrogen-bond acceptors (Lipinski definition) is 6. The molecule has 2 heterocycles. The van der Waals surface area contributed by atoms with Gasteiger partial charge in [0.2, 0.25) is 9.84 Å². The summed E-state index contributed by atoms with van der Waals surface area (Å²) in [6.45, 7) is 16.0. The third-order valence-electron chi connectivity index (χ3n) is 10.1. The summed E-state index contributed by atoms with van der Waals surface area (Å²) in [7, 11) is -4.01. The van der Waals surface area contributed by atoms with Crippen molar-refractivity contribution >= 4 is 21.2 Å². The summed E-state index contributed by atoms with van der Waals surface area (Å²) in [5.41, 5.74) is 21.8. The van der Waals surface area contributed by atoms with Crippen molar-refractivity contribution in [1.82, 2.24) is 0 Å². The molecule has 0 saturated carbocycles. The number of fused-ring (bicyclic) bond motifs is 2. The van der Waals surface area contributed by atoms with E-state index in [0.717, 1.165) is 67.4 Å². The number of benzene rings is 4. The molecule has 2 unspecified atom stereocenters. The molecule has 43 heavy (non-hydrogen) atoms. The number of rotatable bonds is 4. The van der Waals surface area contributed by atoms with E-state index in [2.05, 4.69) is 0 Å². The molecule has 6 nitrogen and oxygen atoms in total. The van der Waals surface area contributed by atoms with Gasteiger partial charge in [0.1, 0.15) is 22.7 Å². The van der Waals surface area contributed by atoms with Gasteiger partial charge in [-0.1, -0.05) is 36.4 Å². The third-order valence-corrected chi connectivity index (χ3v) is 11.9. The van der Waals surface area contributed by atoms with Gasteiger partial charge in [-0.05, 0) is 101 Å². The molecule has 2 aliphatic rings. The quantitative estimate of drug-likeness (QED) is 0.241. The number of nitrogen functional groups attached to an aromatic ring is 2. The van der Waals surface area contributed by atoms with E-state index in [0.29, 0.717) is 24.0 Å². The van der Waals surface area contributed by atoms with Gasteiger partial charge in [-0.3, -0.25) is 0 Å². The van der Waals surface area contributed by atoms with Crippen LogP contribution in [-0.2, 0) is 33.9 Å². The summed E-state index contributed by atoms with van der Waals surface area (Å²) in [4.78, 5) is 0.452. The molecule has 4 aromatic rings. The highest BCUT2D eigenvalue weighted by Crippen LogP contribution is 2.51. The van der Waals surface area contributed by atoms with Crippen LogP contribution in [0.4, 0.5) is 11.4 Å². The van der Waals surface area contributed by atoms with Crippen molar-refractivity contribution in [2.24, 2.45) is 0 Å². The van der Waals surface area contributed by atoms with Crippen molar-refractivity contribution < 1.29 is 17.9 Å². The van der Waals surface area contributed by atoms with E-state index in [-0.39, 0.29) is 9.79 Å². The van der Waals surface area contributed by atoms with E-state index in [1.807, 2.05) is 79.7 Å². The first-order chi connectivity index (χ1) is 20.1. The fraction of sp³-hybridized carbons (Fsp3) is 0.333. The van der Waals surface area contributed by atoms with Crippen LogP contribution in [0.15, 0.2) is 58.3 Å². The Morgan fingerprint density at radius 2 is 0.930 bits per heavy atom. The third kappa shape index (κ3) is 4.08. The molecule has 0 radical (unpaired) electrons. The monoisotopic (exact) mass is 596 g/mol. The molecule has 0 fully saturated rings. The fourth-order valence-electron chi connectivity index (χ4n) is 7.02. The summed E-state index contributed by atoms with van der Waals surface area (Å²) in [6, 6.07) is 14.4. The molecule has 0 aromatic heterocycles. The zero-order chi connectivity index (χ0) is 31.2. The van der Waals surface area contributed by atoms with Crippen LogP contribution in [0.2, 0.25) is 0 Å². The lowest BCUT2D eigenvalue weighted by molar-refractivity contribution is 0.111. The van der Waals surface area contributed by atoms with Crippen LogP contribution in [-0.4, -0.2) is 8.42 Å². The van der Waals surface area contributed by atoms with Gasteiger partial charge in [-0.15, -0.1) is 0 Å². The molecule has 7 heteroatoms. The molecule has 0 amide bonds. The summed E-state index contributed by atoms with van der Waals surface area (Å²) in [5, 5.41) is 0. The number of anilines is 2. The average molecular weight is 597 g/mol. The minimum absolute atomic E-state index is 0.226. The van der Waals surface area contributed by atoms with Crippen LogP contribution in [0.25, 0.3) is 0 Å². The van der Waals surface area contributed by atoms with Gasteiger partial charge in [0, 0.05) is 46.5 Å². The summed E-state index contributed by atoms with van der Waals surface area (Å²) < 4.78 is 42.9. The maximum absolute atomic E-state index is 14.8. The maximum Gasteiger partial charge on any atom is 0.207 e. The highest BCUT2D eigenvalue weighted by Gasteiger charge is 2.45. The summed E-state index contributed by atoms with van der Waals surface area (Å²) >= 11 is 0. The van der Waals surface area contributed by atoms with Gasteiger partial charge in [0.25, 0.3) is 0 Å². The first-order valence-corrected chi connectivity index (χ1v) is 16.2. The smallest absolute Gasteiger partial charge is 0.207 e. The van der Waals surface area contributed by atoms with E-state index < -0.39 is 21.0 Å². The van der Waals surface area contributed by atoms with Crippen molar-refractivity contribution in [3.8, 4) is 11.5 Å². The summed E-state index contributed by atoms with van der Waals surface area (Å²) in [5.74, 6) is 1.59. The Balaban J connectivity index is 1.47. The molecular weight excluding hydrogens is 556 g/mol. The maximum atomic E-state index is 14.8. The average Bonchev–Trinajstić information content (AvgIpc) is 3.56. The van der Waals surface area contributed by atoms with E-state index in [1.54, 1.807) is 24.3 Å². The molecule has 6 rings (SSSR count). The Morgan fingerprint density at radius 1 is 0.581 bits per heavy atom. The van der Waals surface area contributed by atoms with Gasteiger partial charge in [-0.25, -0.2) is 8.42 Å². The highest BCUT2D eigenvalue weighted by atomic mass is 32.2. The molecule has 2 atom stereocenters. The lowest BCUT2D eigenvalue weighted by Gasteiger charge is -2.29.